The summed E-state index contributed by atoms with van der Waals surface area (Å²) in [6, 6.07) is 1.74. The lowest BCUT2D eigenvalue weighted by molar-refractivity contribution is 0.0562. The summed E-state index contributed by atoms with van der Waals surface area (Å²) in [6.07, 6.45) is 2.44. The SMILES string of the molecule is CCn1ccc(C(=O)N2CC(c3nc(CCOC)no3)C2)n1. The molecule has 0 saturated carbocycles. The number of rotatable bonds is 6. The van der Waals surface area contributed by atoms with Gasteiger partial charge in [-0.3, -0.25) is 9.48 Å². The van der Waals surface area contributed by atoms with Crippen LogP contribution in [0.1, 0.15) is 35.0 Å². The van der Waals surface area contributed by atoms with Gasteiger partial charge in [-0.15, -0.1) is 0 Å². The van der Waals surface area contributed by atoms with Gasteiger partial charge in [0.2, 0.25) is 5.89 Å². The van der Waals surface area contributed by atoms with Crippen LogP contribution in [0.25, 0.3) is 0 Å². The number of amides is 1. The summed E-state index contributed by atoms with van der Waals surface area (Å²) in [6.45, 7) is 4.47. The van der Waals surface area contributed by atoms with Gasteiger partial charge in [-0.2, -0.15) is 10.1 Å². The lowest BCUT2D eigenvalue weighted by atomic mass is 10.00. The Morgan fingerprint density at radius 2 is 2.32 bits per heavy atom. The summed E-state index contributed by atoms with van der Waals surface area (Å²) in [4.78, 5) is 18.3. The van der Waals surface area contributed by atoms with Crippen molar-refractivity contribution in [3.05, 3.63) is 29.7 Å². The maximum absolute atomic E-state index is 12.2. The van der Waals surface area contributed by atoms with Crippen LogP contribution in [0, 0.1) is 0 Å². The summed E-state index contributed by atoms with van der Waals surface area (Å²) in [7, 11) is 1.64. The van der Waals surface area contributed by atoms with Gasteiger partial charge in [-0.25, -0.2) is 0 Å². The molecule has 1 aliphatic heterocycles. The second kappa shape index (κ2) is 6.27. The van der Waals surface area contributed by atoms with Crippen molar-refractivity contribution in [3.8, 4) is 0 Å². The van der Waals surface area contributed by atoms with Gasteiger partial charge < -0.3 is 14.2 Å². The second-order valence-electron chi connectivity index (χ2n) is 5.26. The Kier molecular flexibility index (Phi) is 4.19. The molecule has 0 aliphatic carbocycles. The minimum atomic E-state index is -0.0532. The molecule has 8 heteroatoms. The van der Waals surface area contributed by atoms with Gasteiger partial charge in [0.05, 0.1) is 12.5 Å². The number of likely N-dealkylation sites (tertiary alicyclic amines) is 1. The first-order valence-corrected chi connectivity index (χ1v) is 7.35. The van der Waals surface area contributed by atoms with Crippen molar-refractivity contribution >= 4 is 5.91 Å². The fourth-order valence-electron chi connectivity index (χ4n) is 2.34. The Labute approximate surface area is 128 Å². The van der Waals surface area contributed by atoms with Gasteiger partial charge in [0.1, 0.15) is 5.69 Å². The molecular weight excluding hydrogens is 286 g/mol. The standard InChI is InChI=1S/C14H19N5O3/c1-3-19-6-4-11(16-19)14(20)18-8-10(9-18)13-15-12(17-22-13)5-7-21-2/h4,6,10H,3,5,7-9H2,1-2H3. The first-order chi connectivity index (χ1) is 10.7. The van der Waals surface area contributed by atoms with Crippen LogP contribution in [0.3, 0.4) is 0 Å². The number of carbonyl (C=O) groups excluding carboxylic acids is 1. The van der Waals surface area contributed by atoms with E-state index in [0.29, 0.717) is 43.5 Å². The monoisotopic (exact) mass is 305 g/mol. The number of ether oxygens (including phenoxy) is 1. The zero-order valence-corrected chi connectivity index (χ0v) is 12.7. The van der Waals surface area contributed by atoms with Gasteiger partial charge >= 0.3 is 0 Å². The van der Waals surface area contributed by atoms with Crippen LogP contribution in [0.15, 0.2) is 16.8 Å². The number of nitrogens with zero attached hydrogens (tertiary/aromatic N) is 5. The van der Waals surface area contributed by atoms with Crippen LogP contribution in [-0.4, -0.2) is 57.5 Å². The molecule has 22 heavy (non-hydrogen) atoms. The maximum Gasteiger partial charge on any atom is 0.274 e. The van der Waals surface area contributed by atoms with Gasteiger partial charge in [-0.1, -0.05) is 5.16 Å². The molecule has 8 nitrogen and oxygen atoms in total. The molecule has 118 valence electrons. The number of methoxy groups -OCH3 is 1. The summed E-state index contributed by atoms with van der Waals surface area (Å²) < 4.78 is 12.0. The Balaban J connectivity index is 1.55. The number of aromatic nitrogens is 4. The van der Waals surface area contributed by atoms with Crippen LogP contribution in [-0.2, 0) is 17.7 Å². The number of carbonyl (C=O) groups is 1. The molecule has 0 atom stereocenters. The van der Waals surface area contributed by atoms with Crippen molar-refractivity contribution in [2.75, 3.05) is 26.8 Å². The fourth-order valence-corrected chi connectivity index (χ4v) is 2.34. The number of aryl methyl sites for hydroxylation is 1. The molecule has 0 aromatic carbocycles. The molecule has 0 unspecified atom stereocenters. The third-order valence-corrected chi connectivity index (χ3v) is 3.72. The molecule has 0 N–H and O–H groups in total. The van der Waals surface area contributed by atoms with Gasteiger partial charge in [0.15, 0.2) is 5.82 Å². The molecule has 1 fully saturated rings. The van der Waals surface area contributed by atoms with E-state index in [9.17, 15) is 4.79 Å². The summed E-state index contributed by atoms with van der Waals surface area (Å²) in [5, 5.41) is 8.14. The van der Waals surface area contributed by atoms with Crippen molar-refractivity contribution in [1.82, 2.24) is 24.8 Å². The summed E-state index contributed by atoms with van der Waals surface area (Å²) >= 11 is 0. The molecule has 1 aliphatic rings. The zero-order valence-electron chi connectivity index (χ0n) is 12.7. The Morgan fingerprint density at radius 1 is 1.50 bits per heavy atom. The van der Waals surface area contributed by atoms with Crippen molar-refractivity contribution in [2.45, 2.75) is 25.8 Å². The third-order valence-electron chi connectivity index (χ3n) is 3.72. The highest BCUT2D eigenvalue weighted by Crippen LogP contribution is 2.26. The quantitative estimate of drug-likeness (QED) is 0.781. The Bertz CT molecular complexity index is 644. The molecule has 0 spiro atoms. The molecule has 3 rings (SSSR count). The highest BCUT2D eigenvalue weighted by Gasteiger charge is 2.36. The van der Waals surface area contributed by atoms with Gasteiger partial charge in [-0.05, 0) is 13.0 Å². The maximum atomic E-state index is 12.2. The molecular formula is C14H19N5O3. The molecule has 1 amide bonds. The zero-order chi connectivity index (χ0) is 15.5. The van der Waals surface area contributed by atoms with Crippen molar-refractivity contribution < 1.29 is 14.1 Å². The molecule has 2 aromatic rings. The Morgan fingerprint density at radius 3 is 3.00 bits per heavy atom. The normalized spacial score (nSPS) is 15.1. The third kappa shape index (κ3) is 2.87. The Hall–Kier alpha value is -2.22. The van der Waals surface area contributed by atoms with Gasteiger partial charge in [0.25, 0.3) is 5.91 Å². The first kappa shape index (κ1) is 14.7. The van der Waals surface area contributed by atoms with Gasteiger partial charge in [0, 0.05) is 39.4 Å². The predicted molar refractivity (Wildman–Crippen MR) is 76.4 cm³/mol. The minimum absolute atomic E-state index is 0.0532. The highest BCUT2D eigenvalue weighted by atomic mass is 16.5. The number of hydrogen-bond donors (Lipinski definition) is 0. The number of hydrogen-bond acceptors (Lipinski definition) is 6. The molecule has 3 heterocycles. The molecule has 0 radical (unpaired) electrons. The fraction of sp³-hybridized carbons (Fsp3) is 0.571. The van der Waals surface area contributed by atoms with E-state index < -0.39 is 0 Å². The van der Waals surface area contributed by atoms with Crippen LogP contribution in [0.2, 0.25) is 0 Å². The van der Waals surface area contributed by atoms with Crippen molar-refractivity contribution in [3.63, 3.8) is 0 Å². The van der Waals surface area contributed by atoms with E-state index in [1.807, 2.05) is 13.1 Å². The van der Waals surface area contributed by atoms with E-state index in [1.54, 1.807) is 22.8 Å². The lowest BCUT2D eigenvalue weighted by Crippen LogP contribution is -2.48. The van der Waals surface area contributed by atoms with E-state index in [2.05, 4.69) is 15.2 Å². The van der Waals surface area contributed by atoms with Crippen LogP contribution < -0.4 is 0 Å². The highest BCUT2D eigenvalue weighted by molar-refractivity contribution is 5.92. The van der Waals surface area contributed by atoms with Crippen molar-refractivity contribution in [2.24, 2.45) is 0 Å². The van der Waals surface area contributed by atoms with E-state index in [1.165, 1.54) is 0 Å². The average Bonchev–Trinajstić information content (AvgIpc) is 3.12. The topological polar surface area (TPSA) is 86.3 Å². The largest absolute Gasteiger partial charge is 0.384 e. The second-order valence-corrected chi connectivity index (χ2v) is 5.26. The predicted octanol–water partition coefficient (Wildman–Crippen LogP) is 0.714. The van der Waals surface area contributed by atoms with E-state index >= 15 is 0 Å². The molecule has 1 saturated heterocycles. The average molecular weight is 305 g/mol. The van der Waals surface area contributed by atoms with Crippen LogP contribution >= 0.6 is 0 Å². The lowest BCUT2D eigenvalue weighted by Gasteiger charge is -2.36. The van der Waals surface area contributed by atoms with Crippen molar-refractivity contribution in [1.29, 1.82) is 0 Å². The molecule has 0 bridgehead atoms. The summed E-state index contributed by atoms with van der Waals surface area (Å²) in [5.41, 5.74) is 0.478. The summed E-state index contributed by atoms with van der Waals surface area (Å²) in [5.74, 6) is 1.29. The van der Waals surface area contributed by atoms with Crippen LogP contribution in [0.4, 0.5) is 0 Å². The smallest absolute Gasteiger partial charge is 0.274 e. The van der Waals surface area contributed by atoms with E-state index in [0.717, 1.165) is 6.54 Å². The van der Waals surface area contributed by atoms with E-state index in [4.69, 9.17) is 9.26 Å². The minimum Gasteiger partial charge on any atom is -0.384 e. The first-order valence-electron chi connectivity index (χ1n) is 7.35. The van der Waals surface area contributed by atoms with Crippen LogP contribution in [0.5, 0.6) is 0 Å². The molecule has 2 aromatic heterocycles. The van der Waals surface area contributed by atoms with E-state index in [-0.39, 0.29) is 11.8 Å².